The Labute approximate surface area is 100 Å². The summed E-state index contributed by atoms with van der Waals surface area (Å²) < 4.78 is 1.80. The molecule has 0 aliphatic rings. The third-order valence-corrected chi connectivity index (χ3v) is 2.81. The zero-order valence-corrected chi connectivity index (χ0v) is 10.5. The molecule has 0 aliphatic heterocycles. The summed E-state index contributed by atoms with van der Waals surface area (Å²) in [6.45, 7) is 4.04. The molecule has 1 aromatic heterocycles. The van der Waals surface area contributed by atoms with Crippen LogP contribution in [0.5, 0.6) is 0 Å². The molecule has 1 heterocycles. The van der Waals surface area contributed by atoms with Crippen LogP contribution in [-0.2, 0) is 13.5 Å². The van der Waals surface area contributed by atoms with Gasteiger partial charge in [0.25, 0.3) is 0 Å². The number of rotatable bonds is 2. The van der Waals surface area contributed by atoms with Gasteiger partial charge >= 0.3 is 0 Å². The highest BCUT2D eigenvalue weighted by Crippen LogP contribution is 2.24. The normalized spacial score (nSPS) is 12.3. The maximum absolute atomic E-state index is 6.01. The summed E-state index contributed by atoms with van der Waals surface area (Å²) in [6, 6.07) is 6.17. The van der Waals surface area contributed by atoms with E-state index in [1.165, 1.54) is 5.56 Å². The molecule has 0 fully saturated rings. The second-order valence-electron chi connectivity index (χ2n) is 4.93. The molecule has 2 rings (SSSR count). The Morgan fingerprint density at radius 1 is 1.44 bits per heavy atom. The number of aromatic nitrogens is 2. The number of halogens is 1. The van der Waals surface area contributed by atoms with Gasteiger partial charge in [0, 0.05) is 18.0 Å². The minimum Gasteiger partial charge on any atom is -0.325 e. The van der Waals surface area contributed by atoms with Crippen LogP contribution < -0.4 is 5.73 Å². The highest BCUT2D eigenvalue weighted by molar-refractivity contribution is 6.34. The molecule has 0 atom stereocenters. The molecule has 3 nitrogen and oxygen atoms in total. The monoisotopic (exact) mass is 237 g/mol. The molecule has 0 unspecified atom stereocenters. The second kappa shape index (κ2) is 3.75. The van der Waals surface area contributed by atoms with Gasteiger partial charge < -0.3 is 5.73 Å². The van der Waals surface area contributed by atoms with Crippen LogP contribution in [0.15, 0.2) is 18.2 Å². The third-order valence-electron chi connectivity index (χ3n) is 2.53. The number of aryl methyl sites for hydroxylation is 1. The van der Waals surface area contributed by atoms with Crippen molar-refractivity contribution in [1.29, 1.82) is 0 Å². The Kier molecular flexibility index (Phi) is 2.68. The zero-order chi connectivity index (χ0) is 11.9. The Bertz CT molecular complexity index is 523. The van der Waals surface area contributed by atoms with Crippen molar-refractivity contribution in [3.8, 4) is 0 Å². The lowest BCUT2D eigenvalue weighted by atomic mass is 9.96. The van der Waals surface area contributed by atoms with E-state index in [1.807, 2.05) is 27.0 Å². The van der Waals surface area contributed by atoms with Crippen LogP contribution in [0, 0.1) is 0 Å². The smallest absolute Gasteiger partial charge is 0.158 e. The van der Waals surface area contributed by atoms with E-state index >= 15 is 0 Å². The van der Waals surface area contributed by atoms with Crippen LogP contribution in [0.3, 0.4) is 0 Å². The van der Waals surface area contributed by atoms with E-state index in [9.17, 15) is 0 Å². The van der Waals surface area contributed by atoms with Gasteiger partial charge in [-0.25, -0.2) is 0 Å². The van der Waals surface area contributed by atoms with E-state index in [0.29, 0.717) is 5.15 Å². The maximum atomic E-state index is 6.01. The predicted octanol–water partition coefficient (Wildman–Crippen LogP) is 2.51. The molecule has 0 aliphatic carbocycles. The molecule has 0 radical (unpaired) electrons. The molecule has 86 valence electrons. The Morgan fingerprint density at radius 3 is 2.75 bits per heavy atom. The molecule has 4 heteroatoms. The largest absolute Gasteiger partial charge is 0.325 e. The zero-order valence-electron chi connectivity index (χ0n) is 9.79. The van der Waals surface area contributed by atoms with E-state index in [-0.39, 0.29) is 5.54 Å². The second-order valence-corrected chi connectivity index (χ2v) is 5.29. The van der Waals surface area contributed by atoms with E-state index < -0.39 is 0 Å². The Balaban J connectivity index is 2.48. The summed E-state index contributed by atoms with van der Waals surface area (Å²) in [4.78, 5) is 0. The van der Waals surface area contributed by atoms with Crippen LogP contribution in [0.4, 0.5) is 0 Å². The van der Waals surface area contributed by atoms with Crippen molar-refractivity contribution in [3.63, 3.8) is 0 Å². The maximum Gasteiger partial charge on any atom is 0.158 e. The van der Waals surface area contributed by atoms with Gasteiger partial charge in [-0.3, -0.25) is 4.68 Å². The molecule has 2 aromatic rings. The standard InChI is InChI=1S/C12H16ClN3/c1-12(2,14)7-8-4-5-9-10(6-8)16(3)15-11(9)13/h4-6H,7,14H2,1-3H3. The van der Waals surface area contributed by atoms with Gasteiger partial charge in [-0.05, 0) is 38.0 Å². The van der Waals surface area contributed by atoms with Crippen molar-refractivity contribution >= 4 is 22.5 Å². The van der Waals surface area contributed by atoms with Crippen molar-refractivity contribution in [1.82, 2.24) is 9.78 Å². The summed E-state index contributed by atoms with van der Waals surface area (Å²) in [5.41, 5.74) is 8.06. The van der Waals surface area contributed by atoms with Crippen LogP contribution in [0.1, 0.15) is 19.4 Å². The first-order valence-electron chi connectivity index (χ1n) is 5.27. The van der Waals surface area contributed by atoms with E-state index in [1.54, 1.807) is 4.68 Å². The highest BCUT2D eigenvalue weighted by atomic mass is 35.5. The lowest BCUT2D eigenvalue weighted by molar-refractivity contribution is 0.517. The van der Waals surface area contributed by atoms with Gasteiger partial charge in [0.1, 0.15) is 0 Å². The van der Waals surface area contributed by atoms with Crippen LogP contribution in [-0.4, -0.2) is 15.3 Å². The number of benzene rings is 1. The topological polar surface area (TPSA) is 43.8 Å². The summed E-state index contributed by atoms with van der Waals surface area (Å²) in [7, 11) is 1.89. The van der Waals surface area contributed by atoms with E-state index in [4.69, 9.17) is 17.3 Å². The van der Waals surface area contributed by atoms with Crippen molar-refractivity contribution in [2.75, 3.05) is 0 Å². The summed E-state index contributed by atoms with van der Waals surface area (Å²) in [5, 5.41) is 5.72. The molecule has 0 saturated heterocycles. The molecule has 0 amide bonds. The highest BCUT2D eigenvalue weighted by Gasteiger charge is 2.13. The minimum atomic E-state index is -0.198. The average molecular weight is 238 g/mol. The fourth-order valence-electron chi connectivity index (χ4n) is 1.89. The quantitative estimate of drug-likeness (QED) is 0.872. The fraction of sp³-hybridized carbons (Fsp3) is 0.417. The van der Waals surface area contributed by atoms with Crippen LogP contribution >= 0.6 is 11.6 Å². The predicted molar refractivity (Wildman–Crippen MR) is 67.7 cm³/mol. The fourth-order valence-corrected chi connectivity index (χ4v) is 2.17. The molecular weight excluding hydrogens is 222 g/mol. The molecule has 0 bridgehead atoms. The summed E-state index contributed by atoms with van der Waals surface area (Å²) >= 11 is 6.01. The number of hydrogen-bond donors (Lipinski definition) is 1. The van der Waals surface area contributed by atoms with Crippen molar-refractivity contribution in [3.05, 3.63) is 28.9 Å². The van der Waals surface area contributed by atoms with Crippen molar-refractivity contribution < 1.29 is 0 Å². The molecule has 2 N–H and O–H groups in total. The summed E-state index contributed by atoms with van der Waals surface area (Å²) in [6.07, 6.45) is 0.839. The first-order valence-corrected chi connectivity index (χ1v) is 5.65. The van der Waals surface area contributed by atoms with Crippen molar-refractivity contribution in [2.24, 2.45) is 12.8 Å². The number of hydrogen-bond acceptors (Lipinski definition) is 2. The number of nitrogens with two attached hydrogens (primary N) is 1. The third kappa shape index (κ3) is 2.20. The first-order chi connectivity index (χ1) is 7.37. The average Bonchev–Trinajstić information content (AvgIpc) is 2.40. The van der Waals surface area contributed by atoms with Gasteiger partial charge in [-0.15, -0.1) is 0 Å². The SMILES string of the molecule is Cn1nc(Cl)c2ccc(CC(C)(C)N)cc21. The number of fused-ring (bicyclic) bond motifs is 1. The molecule has 1 aromatic carbocycles. The lowest BCUT2D eigenvalue weighted by Gasteiger charge is -2.18. The molecular formula is C12H16ClN3. The van der Waals surface area contributed by atoms with Gasteiger partial charge in [0.05, 0.1) is 5.52 Å². The number of nitrogens with zero attached hydrogens (tertiary/aromatic N) is 2. The van der Waals surface area contributed by atoms with Crippen LogP contribution in [0.2, 0.25) is 5.15 Å². The van der Waals surface area contributed by atoms with Gasteiger partial charge in [-0.1, -0.05) is 17.7 Å². The van der Waals surface area contributed by atoms with E-state index in [2.05, 4.69) is 17.2 Å². The first kappa shape index (κ1) is 11.4. The Hall–Kier alpha value is -1.06. The minimum absolute atomic E-state index is 0.198. The Morgan fingerprint density at radius 2 is 2.12 bits per heavy atom. The van der Waals surface area contributed by atoms with Gasteiger partial charge in [0.15, 0.2) is 5.15 Å². The van der Waals surface area contributed by atoms with Gasteiger partial charge in [0.2, 0.25) is 0 Å². The molecule has 16 heavy (non-hydrogen) atoms. The van der Waals surface area contributed by atoms with Gasteiger partial charge in [-0.2, -0.15) is 5.10 Å². The van der Waals surface area contributed by atoms with Crippen molar-refractivity contribution in [2.45, 2.75) is 25.8 Å². The molecule has 0 spiro atoms. The summed E-state index contributed by atoms with van der Waals surface area (Å²) in [5.74, 6) is 0. The lowest BCUT2D eigenvalue weighted by Crippen LogP contribution is -2.34. The van der Waals surface area contributed by atoms with Crippen LogP contribution in [0.25, 0.3) is 10.9 Å². The molecule has 0 saturated carbocycles. The van der Waals surface area contributed by atoms with E-state index in [0.717, 1.165) is 17.3 Å².